The van der Waals surface area contributed by atoms with Crippen LogP contribution >= 0.6 is 0 Å². The summed E-state index contributed by atoms with van der Waals surface area (Å²) in [5.74, 6) is 0.553. The van der Waals surface area contributed by atoms with E-state index in [0.29, 0.717) is 11.6 Å². The Kier molecular flexibility index (Phi) is 4.18. The number of likely N-dealkylation sites (tertiary alicyclic amines) is 1. The van der Waals surface area contributed by atoms with Gasteiger partial charge in [0.2, 0.25) is 0 Å². The lowest BCUT2D eigenvalue weighted by atomic mass is 9.90. The van der Waals surface area contributed by atoms with E-state index >= 15 is 0 Å². The molecule has 1 aliphatic heterocycles. The van der Waals surface area contributed by atoms with Gasteiger partial charge in [-0.2, -0.15) is 5.10 Å². The third-order valence-electron chi connectivity index (χ3n) is 6.36. The van der Waals surface area contributed by atoms with Gasteiger partial charge in [-0.1, -0.05) is 12.1 Å². The first kappa shape index (κ1) is 17.4. The number of nitrogens with zero attached hydrogens (tertiary/aromatic N) is 4. The quantitative estimate of drug-likeness (QED) is 0.754. The highest BCUT2D eigenvalue weighted by atomic mass is 16.5. The standard InChI is InChI=1S/C21H25N5O2/c1-3-13-11-22-24-19(13)14-7-9-26(10-8-14)21(27)18-15-5-4-6-16(15)23-20-17(18)12(2)25-28-20/h11,14H,3-10H2,1-2H3,(H,22,24). The predicted molar refractivity (Wildman–Crippen MR) is 104 cm³/mol. The summed E-state index contributed by atoms with van der Waals surface area (Å²) in [5, 5.41) is 12.3. The molecule has 7 heteroatoms. The summed E-state index contributed by atoms with van der Waals surface area (Å²) in [6.07, 6.45) is 7.70. The third kappa shape index (κ3) is 2.64. The van der Waals surface area contributed by atoms with Gasteiger partial charge < -0.3 is 9.42 Å². The summed E-state index contributed by atoms with van der Waals surface area (Å²) in [5.41, 5.74) is 6.68. The number of aromatic nitrogens is 4. The van der Waals surface area contributed by atoms with E-state index < -0.39 is 0 Å². The first-order valence-corrected chi connectivity index (χ1v) is 10.3. The van der Waals surface area contributed by atoms with E-state index in [4.69, 9.17) is 4.52 Å². The van der Waals surface area contributed by atoms with Crippen molar-refractivity contribution >= 4 is 17.0 Å². The summed E-state index contributed by atoms with van der Waals surface area (Å²) in [7, 11) is 0. The molecule has 5 rings (SSSR count). The third-order valence-corrected chi connectivity index (χ3v) is 6.36. The molecule has 0 unspecified atom stereocenters. The zero-order valence-electron chi connectivity index (χ0n) is 16.4. The average Bonchev–Trinajstić information content (AvgIpc) is 3.46. The molecule has 1 N–H and O–H groups in total. The molecule has 7 nitrogen and oxygen atoms in total. The van der Waals surface area contributed by atoms with Gasteiger partial charge >= 0.3 is 0 Å². The molecule has 1 fully saturated rings. The lowest BCUT2D eigenvalue weighted by Crippen LogP contribution is -2.38. The van der Waals surface area contributed by atoms with Gasteiger partial charge in [0.15, 0.2) is 0 Å². The van der Waals surface area contributed by atoms with Crippen molar-refractivity contribution in [3.8, 4) is 0 Å². The number of carbonyl (C=O) groups is 1. The molecule has 0 bridgehead atoms. The van der Waals surface area contributed by atoms with E-state index in [1.54, 1.807) is 0 Å². The number of hydrogen-bond acceptors (Lipinski definition) is 5. The van der Waals surface area contributed by atoms with Crippen LogP contribution in [0.3, 0.4) is 0 Å². The summed E-state index contributed by atoms with van der Waals surface area (Å²) in [4.78, 5) is 20.2. The van der Waals surface area contributed by atoms with E-state index in [0.717, 1.165) is 79.5 Å². The molecule has 1 aliphatic carbocycles. The molecule has 146 valence electrons. The van der Waals surface area contributed by atoms with Gasteiger partial charge in [0.05, 0.1) is 22.8 Å². The Balaban J connectivity index is 1.43. The number of pyridine rings is 1. The van der Waals surface area contributed by atoms with E-state index in [9.17, 15) is 4.79 Å². The van der Waals surface area contributed by atoms with Crippen LogP contribution in [0.5, 0.6) is 0 Å². The number of fused-ring (bicyclic) bond motifs is 2. The molecule has 0 saturated carbocycles. The zero-order valence-corrected chi connectivity index (χ0v) is 16.4. The number of rotatable bonds is 3. The molecule has 0 aromatic carbocycles. The van der Waals surface area contributed by atoms with Crippen LogP contribution in [-0.4, -0.2) is 44.2 Å². The van der Waals surface area contributed by atoms with Crippen molar-refractivity contribution in [2.45, 2.75) is 58.3 Å². The molecule has 0 radical (unpaired) electrons. The fraction of sp³-hybridized carbons (Fsp3) is 0.524. The van der Waals surface area contributed by atoms with Crippen LogP contribution in [0.1, 0.15) is 70.7 Å². The van der Waals surface area contributed by atoms with Gasteiger partial charge in [-0.3, -0.25) is 9.89 Å². The van der Waals surface area contributed by atoms with Crippen molar-refractivity contribution in [3.05, 3.63) is 40.0 Å². The van der Waals surface area contributed by atoms with Crippen LogP contribution in [0.2, 0.25) is 0 Å². The van der Waals surface area contributed by atoms with Crippen LogP contribution in [0.4, 0.5) is 0 Å². The molecule has 1 amide bonds. The maximum absolute atomic E-state index is 13.5. The molecule has 1 saturated heterocycles. The minimum absolute atomic E-state index is 0.107. The van der Waals surface area contributed by atoms with Crippen molar-refractivity contribution in [2.75, 3.05) is 13.1 Å². The summed E-state index contributed by atoms with van der Waals surface area (Å²) in [6, 6.07) is 0. The smallest absolute Gasteiger partial charge is 0.259 e. The van der Waals surface area contributed by atoms with Crippen molar-refractivity contribution in [1.82, 2.24) is 25.2 Å². The number of aromatic amines is 1. The van der Waals surface area contributed by atoms with E-state index in [-0.39, 0.29) is 5.91 Å². The Bertz CT molecular complexity index is 1040. The van der Waals surface area contributed by atoms with Crippen molar-refractivity contribution < 1.29 is 9.32 Å². The van der Waals surface area contributed by atoms with Crippen molar-refractivity contribution in [3.63, 3.8) is 0 Å². The Labute approximate surface area is 163 Å². The van der Waals surface area contributed by atoms with Gasteiger partial charge in [0, 0.05) is 30.4 Å². The molecule has 3 aromatic rings. The fourth-order valence-electron chi connectivity index (χ4n) is 4.84. The Morgan fingerprint density at radius 3 is 2.93 bits per heavy atom. The number of hydrogen-bond donors (Lipinski definition) is 1. The highest BCUT2D eigenvalue weighted by Gasteiger charge is 2.32. The maximum Gasteiger partial charge on any atom is 0.259 e. The first-order valence-electron chi connectivity index (χ1n) is 10.3. The lowest BCUT2D eigenvalue weighted by Gasteiger charge is -2.32. The zero-order chi connectivity index (χ0) is 19.3. The second kappa shape index (κ2) is 6.72. The molecular weight excluding hydrogens is 354 g/mol. The average molecular weight is 379 g/mol. The van der Waals surface area contributed by atoms with E-state index in [2.05, 4.69) is 27.3 Å². The minimum atomic E-state index is 0.107. The highest BCUT2D eigenvalue weighted by Crippen LogP contribution is 2.34. The van der Waals surface area contributed by atoms with Gasteiger partial charge in [-0.05, 0) is 56.6 Å². The van der Waals surface area contributed by atoms with Gasteiger partial charge in [-0.25, -0.2) is 4.98 Å². The summed E-state index contributed by atoms with van der Waals surface area (Å²) < 4.78 is 5.40. The van der Waals surface area contributed by atoms with E-state index in [1.165, 1.54) is 11.3 Å². The normalized spacial score (nSPS) is 17.4. The minimum Gasteiger partial charge on any atom is -0.339 e. The Morgan fingerprint density at radius 1 is 1.32 bits per heavy atom. The second-order valence-corrected chi connectivity index (χ2v) is 7.94. The SMILES string of the molecule is CCc1cn[nH]c1C1CCN(C(=O)c2c3c(nc4onc(C)c24)CCC3)CC1. The summed E-state index contributed by atoms with van der Waals surface area (Å²) >= 11 is 0. The molecule has 4 heterocycles. The number of H-pyrrole nitrogens is 1. The number of amides is 1. The number of carbonyl (C=O) groups excluding carboxylic acids is 1. The first-order chi connectivity index (χ1) is 13.7. The maximum atomic E-state index is 13.5. The van der Waals surface area contributed by atoms with Gasteiger partial charge in [0.25, 0.3) is 11.6 Å². The van der Waals surface area contributed by atoms with Crippen molar-refractivity contribution in [1.29, 1.82) is 0 Å². The molecule has 0 spiro atoms. The monoisotopic (exact) mass is 379 g/mol. The van der Waals surface area contributed by atoms with Crippen molar-refractivity contribution in [2.24, 2.45) is 0 Å². The second-order valence-electron chi connectivity index (χ2n) is 7.94. The number of aryl methyl sites for hydroxylation is 3. The van der Waals surface area contributed by atoms with Crippen LogP contribution < -0.4 is 0 Å². The van der Waals surface area contributed by atoms with Crippen LogP contribution in [0.25, 0.3) is 11.1 Å². The van der Waals surface area contributed by atoms with Gasteiger partial charge in [-0.15, -0.1) is 0 Å². The van der Waals surface area contributed by atoms with Gasteiger partial charge in [0.1, 0.15) is 0 Å². The largest absolute Gasteiger partial charge is 0.339 e. The van der Waals surface area contributed by atoms with Crippen LogP contribution in [0, 0.1) is 6.92 Å². The topological polar surface area (TPSA) is 87.9 Å². The summed E-state index contributed by atoms with van der Waals surface area (Å²) in [6.45, 7) is 5.56. The Hall–Kier alpha value is -2.70. The molecule has 3 aromatic heterocycles. The molecular formula is C21H25N5O2. The molecule has 0 atom stereocenters. The molecule has 2 aliphatic rings. The fourth-order valence-corrected chi connectivity index (χ4v) is 4.84. The van der Waals surface area contributed by atoms with E-state index in [1.807, 2.05) is 18.0 Å². The lowest BCUT2D eigenvalue weighted by molar-refractivity contribution is 0.0712. The van der Waals surface area contributed by atoms with Crippen LogP contribution in [0.15, 0.2) is 10.7 Å². The van der Waals surface area contributed by atoms with Crippen LogP contribution in [-0.2, 0) is 19.3 Å². The number of piperidine rings is 1. The predicted octanol–water partition coefficient (Wildman–Crippen LogP) is 3.33. The Morgan fingerprint density at radius 2 is 2.14 bits per heavy atom. The number of nitrogens with one attached hydrogen (secondary N) is 1. The molecule has 28 heavy (non-hydrogen) atoms. The highest BCUT2D eigenvalue weighted by molar-refractivity contribution is 6.07.